The first kappa shape index (κ1) is 13.3. The molecule has 1 N–H and O–H groups in total. The van der Waals surface area contributed by atoms with Gasteiger partial charge in [0.15, 0.2) is 0 Å². The first-order valence-electron chi connectivity index (χ1n) is 6.56. The Hall–Kier alpha value is -1.71. The first-order chi connectivity index (χ1) is 9.81. The van der Waals surface area contributed by atoms with E-state index in [4.69, 9.17) is 4.74 Å². The van der Waals surface area contributed by atoms with Crippen LogP contribution in [0.1, 0.15) is 22.8 Å². The number of ether oxygens (including phenoxy) is 1. The van der Waals surface area contributed by atoms with Crippen molar-refractivity contribution in [2.75, 3.05) is 6.61 Å². The molecule has 2 nitrogen and oxygen atoms in total. The van der Waals surface area contributed by atoms with Gasteiger partial charge in [0.05, 0.1) is 0 Å². The van der Waals surface area contributed by atoms with E-state index in [9.17, 15) is 5.11 Å². The zero-order valence-corrected chi connectivity index (χ0v) is 11.9. The number of rotatable bonds is 3. The minimum absolute atomic E-state index is 0.442. The SMILES string of the molecule is C=CCOc1cccc2c1C(O)c1ccccc1SC2. The maximum Gasteiger partial charge on any atom is 0.126 e. The summed E-state index contributed by atoms with van der Waals surface area (Å²) in [7, 11) is 0. The van der Waals surface area contributed by atoms with Crippen molar-refractivity contribution in [3.05, 3.63) is 71.8 Å². The van der Waals surface area contributed by atoms with Crippen molar-refractivity contribution in [1.29, 1.82) is 0 Å². The number of aliphatic hydroxyl groups is 1. The van der Waals surface area contributed by atoms with Crippen LogP contribution in [0.2, 0.25) is 0 Å². The average Bonchev–Trinajstić information content (AvgIpc) is 2.64. The van der Waals surface area contributed by atoms with Crippen molar-refractivity contribution in [2.45, 2.75) is 16.8 Å². The summed E-state index contributed by atoms with van der Waals surface area (Å²) in [6, 6.07) is 13.9. The normalized spacial score (nSPS) is 16.8. The van der Waals surface area contributed by atoms with Crippen LogP contribution in [0.5, 0.6) is 5.75 Å². The van der Waals surface area contributed by atoms with E-state index in [1.165, 1.54) is 0 Å². The van der Waals surface area contributed by atoms with E-state index < -0.39 is 6.10 Å². The van der Waals surface area contributed by atoms with Crippen molar-refractivity contribution in [3.8, 4) is 5.75 Å². The van der Waals surface area contributed by atoms with Gasteiger partial charge < -0.3 is 9.84 Å². The summed E-state index contributed by atoms with van der Waals surface area (Å²) in [5.74, 6) is 1.58. The Kier molecular flexibility index (Phi) is 3.81. The highest BCUT2D eigenvalue weighted by Gasteiger charge is 2.25. The smallest absolute Gasteiger partial charge is 0.126 e. The lowest BCUT2D eigenvalue weighted by atomic mass is 9.96. The summed E-state index contributed by atoms with van der Waals surface area (Å²) in [6.45, 7) is 4.11. The van der Waals surface area contributed by atoms with Gasteiger partial charge in [-0.15, -0.1) is 11.8 Å². The molecule has 0 saturated heterocycles. The predicted octanol–water partition coefficient (Wildman–Crippen LogP) is 3.94. The third-order valence-electron chi connectivity index (χ3n) is 3.38. The molecule has 20 heavy (non-hydrogen) atoms. The Bertz CT molecular complexity index is 637. The van der Waals surface area contributed by atoms with Crippen LogP contribution in [0.15, 0.2) is 60.0 Å². The van der Waals surface area contributed by atoms with Gasteiger partial charge in [-0.3, -0.25) is 0 Å². The molecule has 3 rings (SSSR count). The summed E-state index contributed by atoms with van der Waals surface area (Å²) in [5.41, 5.74) is 2.96. The van der Waals surface area contributed by atoms with Gasteiger partial charge in [0.25, 0.3) is 0 Å². The van der Waals surface area contributed by atoms with E-state index in [1.807, 2.05) is 30.3 Å². The zero-order valence-electron chi connectivity index (χ0n) is 11.1. The third-order valence-corrected chi connectivity index (χ3v) is 4.52. The second kappa shape index (κ2) is 5.73. The average molecular weight is 284 g/mol. The van der Waals surface area contributed by atoms with E-state index in [0.717, 1.165) is 33.1 Å². The molecule has 2 aromatic carbocycles. The number of benzene rings is 2. The lowest BCUT2D eigenvalue weighted by molar-refractivity contribution is 0.210. The molecule has 1 aliphatic heterocycles. The maximum absolute atomic E-state index is 10.8. The van der Waals surface area contributed by atoms with E-state index >= 15 is 0 Å². The number of hydrogen-bond donors (Lipinski definition) is 1. The van der Waals surface area contributed by atoms with Gasteiger partial charge in [0.2, 0.25) is 0 Å². The number of fused-ring (bicyclic) bond motifs is 2. The highest BCUT2D eigenvalue weighted by molar-refractivity contribution is 7.98. The fourth-order valence-corrected chi connectivity index (χ4v) is 3.53. The largest absolute Gasteiger partial charge is 0.489 e. The highest BCUT2D eigenvalue weighted by atomic mass is 32.2. The molecule has 1 aliphatic rings. The molecule has 3 heteroatoms. The minimum Gasteiger partial charge on any atom is -0.489 e. The van der Waals surface area contributed by atoms with Crippen molar-refractivity contribution >= 4 is 11.8 Å². The highest BCUT2D eigenvalue weighted by Crippen LogP contribution is 2.42. The molecular formula is C17H16O2S. The molecule has 0 spiro atoms. The Labute approximate surface area is 123 Å². The first-order valence-corrected chi connectivity index (χ1v) is 7.55. The Balaban J connectivity index is 2.10. The van der Waals surface area contributed by atoms with Crippen LogP contribution in [-0.2, 0) is 5.75 Å². The quantitative estimate of drug-likeness (QED) is 0.866. The van der Waals surface area contributed by atoms with Crippen LogP contribution in [-0.4, -0.2) is 11.7 Å². The summed E-state index contributed by atoms with van der Waals surface area (Å²) in [4.78, 5) is 1.13. The predicted molar refractivity (Wildman–Crippen MR) is 82.2 cm³/mol. The zero-order chi connectivity index (χ0) is 13.9. The van der Waals surface area contributed by atoms with Gasteiger partial charge in [-0.1, -0.05) is 43.0 Å². The molecule has 0 fully saturated rings. The van der Waals surface area contributed by atoms with Gasteiger partial charge in [0, 0.05) is 16.2 Å². The summed E-state index contributed by atoms with van der Waals surface area (Å²) >= 11 is 1.75. The van der Waals surface area contributed by atoms with Gasteiger partial charge in [-0.05, 0) is 23.3 Å². The van der Waals surface area contributed by atoms with Crippen LogP contribution < -0.4 is 4.74 Å². The van der Waals surface area contributed by atoms with E-state index in [2.05, 4.69) is 18.7 Å². The van der Waals surface area contributed by atoms with Gasteiger partial charge in [-0.25, -0.2) is 0 Å². The number of thioether (sulfide) groups is 1. The molecule has 0 amide bonds. The maximum atomic E-state index is 10.8. The molecule has 0 aromatic heterocycles. The van der Waals surface area contributed by atoms with Crippen molar-refractivity contribution in [3.63, 3.8) is 0 Å². The van der Waals surface area contributed by atoms with E-state index in [0.29, 0.717) is 6.61 Å². The number of hydrogen-bond acceptors (Lipinski definition) is 3. The molecular weight excluding hydrogens is 268 g/mol. The fraction of sp³-hybridized carbons (Fsp3) is 0.176. The molecule has 0 aliphatic carbocycles. The molecule has 0 radical (unpaired) electrons. The molecule has 1 atom stereocenters. The van der Waals surface area contributed by atoms with Crippen molar-refractivity contribution < 1.29 is 9.84 Å². The fourth-order valence-electron chi connectivity index (χ4n) is 2.45. The molecule has 102 valence electrons. The van der Waals surface area contributed by atoms with Crippen LogP contribution in [0.3, 0.4) is 0 Å². The van der Waals surface area contributed by atoms with E-state index in [1.54, 1.807) is 17.8 Å². The summed E-state index contributed by atoms with van der Waals surface area (Å²) < 4.78 is 5.71. The topological polar surface area (TPSA) is 29.5 Å². The molecule has 1 heterocycles. The molecule has 0 saturated carbocycles. The van der Waals surface area contributed by atoms with E-state index in [-0.39, 0.29) is 0 Å². The molecule has 0 bridgehead atoms. The second-order valence-electron chi connectivity index (χ2n) is 4.66. The van der Waals surface area contributed by atoms with Crippen LogP contribution in [0.4, 0.5) is 0 Å². The van der Waals surface area contributed by atoms with Crippen molar-refractivity contribution in [2.24, 2.45) is 0 Å². The van der Waals surface area contributed by atoms with Gasteiger partial charge >= 0.3 is 0 Å². The Morgan fingerprint density at radius 3 is 2.95 bits per heavy atom. The molecule has 2 aromatic rings. The third kappa shape index (κ3) is 2.35. The van der Waals surface area contributed by atoms with Crippen LogP contribution >= 0.6 is 11.8 Å². The second-order valence-corrected chi connectivity index (χ2v) is 5.67. The lowest BCUT2D eigenvalue weighted by Gasteiger charge is -2.18. The summed E-state index contributed by atoms with van der Waals surface area (Å²) in [6.07, 6.45) is 1.07. The van der Waals surface area contributed by atoms with Crippen LogP contribution in [0.25, 0.3) is 0 Å². The van der Waals surface area contributed by atoms with Gasteiger partial charge in [0.1, 0.15) is 18.5 Å². The Morgan fingerprint density at radius 2 is 2.10 bits per heavy atom. The molecule has 1 unspecified atom stereocenters. The van der Waals surface area contributed by atoms with Crippen molar-refractivity contribution in [1.82, 2.24) is 0 Å². The summed E-state index contributed by atoms with van der Waals surface area (Å²) in [5, 5.41) is 10.8. The standard InChI is InChI=1S/C17H16O2S/c1-2-10-19-14-8-5-6-12-11-20-15-9-4-3-7-13(15)17(18)16(12)14/h2-9,17-18H,1,10-11H2. The minimum atomic E-state index is -0.641. The number of aliphatic hydroxyl groups excluding tert-OH is 1. The van der Waals surface area contributed by atoms with Gasteiger partial charge in [-0.2, -0.15) is 0 Å². The van der Waals surface area contributed by atoms with Crippen LogP contribution in [0, 0.1) is 0 Å². The monoisotopic (exact) mass is 284 g/mol. The lowest BCUT2D eigenvalue weighted by Crippen LogP contribution is -2.06. The Morgan fingerprint density at radius 1 is 1.25 bits per heavy atom.